The third kappa shape index (κ3) is 1.64. The molecule has 0 radical (unpaired) electrons. The van der Waals surface area contributed by atoms with E-state index in [1.165, 1.54) is 7.11 Å². The zero-order valence-electron chi connectivity index (χ0n) is 6.73. The molecule has 68 valence electrons. The summed E-state index contributed by atoms with van der Waals surface area (Å²) in [6.07, 6.45) is 1.62. The molecule has 0 aromatic heterocycles. The van der Waals surface area contributed by atoms with Gasteiger partial charge in [0.2, 0.25) is 11.6 Å². The third-order valence-corrected chi connectivity index (χ3v) is 1.50. The SMILES string of the molecule is COC1=CC(=O)C(=O)C=C1C(=O)O. The minimum atomic E-state index is -1.30. The molecule has 1 aliphatic rings. The molecule has 1 aliphatic carbocycles. The predicted octanol–water partition coefficient (Wildman–Crippen LogP) is -0.321. The lowest BCUT2D eigenvalue weighted by Gasteiger charge is -2.09. The Kier molecular flexibility index (Phi) is 2.27. The van der Waals surface area contributed by atoms with Gasteiger partial charge in [-0.05, 0) is 0 Å². The van der Waals surface area contributed by atoms with E-state index in [4.69, 9.17) is 5.11 Å². The minimum Gasteiger partial charge on any atom is -0.496 e. The van der Waals surface area contributed by atoms with Crippen LogP contribution in [0, 0.1) is 0 Å². The molecule has 0 atom stereocenters. The summed E-state index contributed by atoms with van der Waals surface area (Å²) in [7, 11) is 1.23. The number of allylic oxidation sites excluding steroid dienone is 2. The van der Waals surface area contributed by atoms with Crippen LogP contribution in [-0.4, -0.2) is 29.8 Å². The number of carbonyl (C=O) groups is 3. The van der Waals surface area contributed by atoms with Crippen molar-refractivity contribution >= 4 is 17.5 Å². The molecule has 1 N–H and O–H groups in total. The number of ether oxygens (including phenoxy) is 1. The normalized spacial score (nSPS) is 16.4. The maximum absolute atomic E-state index is 10.8. The number of carbonyl (C=O) groups excluding carboxylic acids is 2. The van der Waals surface area contributed by atoms with Gasteiger partial charge in [-0.15, -0.1) is 0 Å². The summed E-state index contributed by atoms with van der Waals surface area (Å²) in [6.45, 7) is 0. The van der Waals surface area contributed by atoms with Gasteiger partial charge in [0, 0.05) is 12.2 Å². The first-order valence-electron chi connectivity index (χ1n) is 3.35. The fourth-order valence-corrected chi connectivity index (χ4v) is 0.877. The van der Waals surface area contributed by atoms with Crippen LogP contribution < -0.4 is 0 Å². The van der Waals surface area contributed by atoms with Gasteiger partial charge in [0.05, 0.1) is 7.11 Å². The van der Waals surface area contributed by atoms with Gasteiger partial charge in [-0.1, -0.05) is 0 Å². The average Bonchev–Trinajstić information content (AvgIpc) is 2.08. The topological polar surface area (TPSA) is 80.7 Å². The molecule has 13 heavy (non-hydrogen) atoms. The molecule has 0 amide bonds. The highest BCUT2D eigenvalue weighted by Gasteiger charge is 2.24. The molecular formula is C8H6O5. The second kappa shape index (κ2) is 3.22. The van der Waals surface area contributed by atoms with Crippen LogP contribution in [0.5, 0.6) is 0 Å². The van der Waals surface area contributed by atoms with Crippen molar-refractivity contribution < 1.29 is 24.2 Å². The summed E-state index contributed by atoms with van der Waals surface area (Å²) >= 11 is 0. The quantitative estimate of drug-likeness (QED) is 0.467. The van der Waals surface area contributed by atoms with E-state index in [1.807, 2.05) is 0 Å². The molecule has 0 aromatic rings. The lowest BCUT2D eigenvalue weighted by molar-refractivity contribution is -0.134. The minimum absolute atomic E-state index is 0.0999. The Morgan fingerprint density at radius 2 is 1.85 bits per heavy atom. The van der Waals surface area contributed by atoms with E-state index in [1.54, 1.807) is 0 Å². The molecule has 0 saturated heterocycles. The number of ketones is 2. The molecule has 0 unspecified atom stereocenters. The lowest BCUT2D eigenvalue weighted by Crippen LogP contribution is -2.19. The van der Waals surface area contributed by atoms with E-state index in [0.717, 1.165) is 12.2 Å². The second-order valence-electron chi connectivity index (χ2n) is 2.30. The molecule has 0 fully saturated rings. The molecule has 0 spiro atoms. The molecule has 5 heteroatoms. The van der Waals surface area contributed by atoms with Crippen molar-refractivity contribution in [3.63, 3.8) is 0 Å². The fraction of sp³-hybridized carbons (Fsp3) is 0.125. The van der Waals surface area contributed by atoms with Crippen molar-refractivity contribution in [3.8, 4) is 0 Å². The predicted molar refractivity (Wildman–Crippen MR) is 40.8 cm³/mol. The van der Waals surface area contributed by atoms with Gasteiger partial charge >= 0.3 is 5.97 Å². The van der Waals surface area contributed by atoms with Crippen LogP contribution in [0.25, 0.3) is 0 Å². The summed E-state index contributed by atoms with van der Waals surface area (Å²) in [6, 6.07) is 0. The van der Waals surface area contributed by atoms with Gasteiger partial charge in [0.25, 0.3) is 0 Å². The Morgan fingerprint density at radius 3 is 2.31 bits per heavy atom. The fourth-order valence-electron chi connectivity index (χ4n) is 0.877. The Bertz CT molecular complexity index is 348. The van der Waals surface area contributed by atoms with E-state index < -0.39 is 17.5 Å². The van der Waals surface area contributed by atoms with Crippen molar-refractivity contribution in [1.29, 1.82) is 0 Å². The molecule has 5 nitrogen and oxygen atoms in total. The molecule has 0 saturated carbocycles. The van der Waals surface area contributed by atoms with Crippen molar-refractivity contribution in [2.24, 2.45) is 0 Å². The number of carboxylic acid groups (broad SMARTS) is 1. The van der Waals surface area contributed by atoms with Crippen LogP contribution in [0.2, 0.25) is 0 Å². The number of hydrogen-bond donors (Lipinski definition) is 1. The first-order chi connectivity index (χ1) is 6.06. The van der Waals surface area contributed by atoms with Crippen molar-refractivity contribution in [2.75, 3.05) is 7.11 Å². The number of aliphatic carboxylic acids is 1. The zero-order valence-corrected chi connectivity index (χ0v) is 6.73. The maximum Gasteiger partial charge on any atom is 0.339 e. The summed E-state index contributed by atoms with van der Waals surface area (Å²) in [5.41, 5.74) is -0.299. The average molecular weight is 182 g/mol. The van der Waals surface area contributed by atoms with Crippen LogP contribution in [0.3, 0.4) is 0 Å². The van der Waals surface area contributed by atoms with Gasteiger partial charge in [0.15, 0.2) is 0 Å². The highest BCUT2D eigenvalue weighted by atomic mass is 16.5. The van der Waals surface area contributed by atoms with E-state index >= 15 is 0 Å². The standard InChI is InChI=1S/C8H6O5/c1-13-7-3-6(10)5(9)2-4(7)8(11)12/h2-3H,1H3,(H,11,12). The summed E-state index contributed by atoms with van der Waals surface area (Å²) in [5, 5.41) is 8.59. The molecule has 1 rings (SSSR count). The molecule has 0 aliphatic heterocycles. The number of carboxylic acids is 1. The Hall–Kier alpha value is -1.91. The Morgan fingerprint density at radius 1 is 1.31 bits per heavy atom. The summed E-state index contributed by atoms with van der Waals surface area (Å²) in [5.74, 6) is -3.02. The largest absolute Gasteiger partial charge is 0.496 e. The number of methoxy groups -OCH3 is 1. The Labute approximate surface area is 73.3 Å². The molecule has 0 aromatic carbocycles. The van der Waals surface area contributed by atoms with Crippen LogP contribution in [0.1, 0.15) is 0 Å². The van der Waals surface area contributed by atoms with Gasteiger partial charge in [-0.25, -0.2) is 4.79 Å². The van der Waals surface area contributed by atoms with Gasteiger partial charge in [0.1, 0.15) is 11.3 Å². The van der Waals surface area contributed by atoms with E-state index in [0.29, 0.717) is 0 Å². The van der Waals surface area contributed by atoms with Crippen LogP contribution in [0.4, 0.5) is 0 Å². The van der Waals surface area contributed by atoms with Gasteiger partial charge < -0.3 is 9.84 Å². The van der Waals surface area contributed by atoms with E-state index in [2.05, 4.69) is 4.74 Å². The first kappa shape index (κ1) is 9.18. The van der Waals surface area contributed by atoms with Gasteiger partial charge in [-0.3, -0.25) is 9.59 Å². The number of hydrogen-bond acceptors (Lipinski definition) is 4. The zero-order chi connectivity index (χ0) is 10.0. The van der Waals surface area contributed by atoms with Crippen molar-refractivity contribution in [2.45, 2.75) is 0 Å². The third-order valence-electron chi connectivity index (χ3n) is 1.50. The van der Waals surface area contributed by atoms with Crippen LogP contribution in [0.15, 0.2) is 23.5 Å². The summed E-state index contributed by atoms with van der Waals surface area (Å²) < 4.78 is 4.62. The second-order valence-corrected chi connectivity index (χ2v) is 2.30. The van der Waals surface area contributed by atoms with E-state index in [9.17, 15) is 14.4 Å². The molecule has 0 bridgehead atoms. The van der Waals surface area contributed by atoms with Crippen molar-refractivity contribution in [3.05, 3.63) is 23.5 Å². The smallest absolute Gasteiger partial charge is 0.339 e. The van der Waals surface area contributed by atoms with Crippen molar-refractivity contribution in [1.82, 2.24) is 0 Å². The maximum atomic E-state index is 10.8. The number of rotatable bonds is 2. The summed E-state index contributed by atoms with van der Waals surface area (Å²) in [4.78, 5) is 32.1. The Balaban J connectivity index is 3.13. The highest BCUT2D eigenvalue weighted by Crippen LogP contribution is 2.15. The molecule has 0 heterocycles. The monoisotopic (exact) mass is 182 g/mol. The first-order valence-corrected chi connectivity index (χ1v) is 3.35. The van der Waals surface area contributed by atoms with Crippen LogP contribution >= 0.6 is 0 Å². The van der Waals surface area contributed by atoms with E-state index in [-0.39, 0.29) is 11.3 Å². The highest BCUT2D eigenvalue weighted by molar-refractivity contribution is 6.47. The lowest BCUT2D eigenvalue weighted by atomic mass is 10.0. The van der Waals surface area contributed by atoms with Crippen LogP contribution in [-0.2, 0) is 19.1 Å². The van der Waals surface area contributed by atoms with Gasteiger partial charge in [-0.2, -0.15) is 0 Å². The molecular weight excluding hydrogens is 176 g/mol.